The molecule has 3 rings (SSSR count). The zero-order valence-corrected chi connectivity index (χ0v) is 18.7. The van der Waals surface area contributed by atoms with E-state index in [-0.39, 0.29) is 13.0 Å². The lowest BCUT2D eigenvalue weighted by Gasteiger charge is -2.16. The minimum atomic E-state index is -0.948. The Bertz CT molecular complexity index is 1070. The van der Waals surface area contributed by atoms with Crippen LogP contribution < -0.4 is 15.5 Å². The van der Waals surface area contributed by atoms with Crippen molar-refractivity contribution < 1.29 is 19.1 Å². The van der Waals surface area contributed by atoms with Crippen molar-refractivity contribution in [2.75, 3.05) is 6.61 Å². The summed E-state index contributed by atoms with van der Waals surface area (Å²) < 4.78 is 10.8. The fraction of sp³-hybridized carbons (Fsp3) is 0.217. The van der Waals surface area contributed by atoms with Gasteiger partial charge in [0, 0.05) is 28.9 Å². The molecule has 10 heteroatoms. The summed E-state index contributed by atoms with van der Waals surface area (Å²) in [6.07, 6.45) is 3.93. The van der Waals surface area contributed by atoms with Crippen molar-refractivity contribution in [1.29, 1.82) is 0 Å². The number of benzene rings is 2. The number of H-pyrrole nitrogens is 1. The van der Waals surface area contributed by atoms with Crippen LogP contribution in [0.3, 0.4) is 0 Å². The maximum Gasteiger partial charge on any atom is 0.408 e. The summed E-state index contributed by atoms with van der Waals surface area (Å²) in [5.41, 5.74) is 4.54. The number of rotatable bonds is 10. The van der Waals surface area contributed by atoms with E-state index in [4.69, 9.17) is 21.1 Å². The number of carbonyl (C=O) groups excluding carboxylic acids is 2. The molecule has 0 saturated carbocycles. The molecule has 172 valence electrons. The van der Waals surface area contributed by atoms with Crippen LogP contribution in [0.15, 0.2) is 66.2 Å². The van der Waals surface area contributed by atoms with Crippen LogP contribution in [0.25, 0.3) is 0 Å². The van der Waals surface area contributed by atoms with Gasteiger partial charge in [-0.2, -0.15) is 5.10 Å². The molecule has 0 aliphatic heterocycles. The molecule has 1 heterocycles. The largest absolute Gasteiger partial charge is 0.493 e. The molecular weight excluding hydrogens is 446 g/mol. The topological polar surface area (TPSA) is 118 Å². The van der Waals surface area contributed by atoms with E-state index < -0.39 is 18.0 Å². The number of hydrogen-bond acceptors (Lipinski definition) is 6. The Kier molecular flexibility index (Phi) is 8.84. The number of amides is 2. The van der Waals surface area contributed by atoms with Crippen LogP contribution in [0.4, 0.5) is 4.79 Å². The predicted octanol–water partition coefficient (Wildman–Crippen LogP) is 3.45. The molecule has 0 spiro atoms. The number of hydrazone groups is 1. The van der Waals surface area contributed by atoms with Crippen molar-refractivity contribution >= 4 is 29.8 Å². The third-order valence-corrected chi connectivity index (χ3v) is 4.69. The van der Waals surface area contributed by atoms with Gasteiger partial charge >= 0.3 is 6.09 Å². The van der Waals surface area contributed by atoms with Crippen LogP contribution in [0, 0.1) is 0 Å². The van der Waals surface area contributed by atoms with Crippen LogP contribution in [0.5, 0.6) is 5.75 Å². The molecule has 0 aliphatic rings. The second-order valence-corrected chi connectivity index (χ2v) is 7.33. The zero-order valence-electron chi connectivity index (χ0n) is 18.0. The molecule has 2 amide bonds. The zero-order chi connectivity index (χ0) is 23.5. The second-order valence-electron chi connectivity index (χ2n) is 6.89. The van der Waals surface area contributed by atoms with E-state index in [1.807, 2.05) is 37.3 Å². The molecule has 0 saturated heterocycles. The number of carbonyl (C=O) groups is 2. The van der Waals surface area contributed by atoms with Gasteiger partial charge in [0.05, 0.1) is 19.1 Å². The van der Waals surface area contributed by atoms with Crippen molar-refractivity contribution in [3.8, 4) is 5.75 Å². The first-order valence-corrected chi connectivity index (χ1v) is 10.6. The molecule has 3 N–H and O–H groups in total. The number of hydrogen-bond donors (Lipinski definition) is 3. The van der Waals surface area contributed by atoms with Crippen LogP contribution in [-0.4, -0.2) is 40.8 Å². The van der Waals surface area contributed by atoms with Gasteiger partial charge in [0.1, 0.15) is 18.4 Å². The summed E-state index contributed by atoms with van der Waals surface area (Å²) in [5, 5.41) is 7.08. The van der Waals surface area contributed by atoms with Gasteiger partial charge in [-0.15, -0.1) is 0 Å². The van der Waals surface area contributed by atoms with E-state index in [0.717, 1.165) is 5.56 Å². The lowest BCUT2D eigenvalue weighted by molar-refractivity contribution is -0.123. The Morgan fingerprint density at radius 2 is 2.06 bits per heavy atom. The average Bonchev–Trinajstić information content (AvgIpc) is 3.33. The van der Waals surface area contributed by atoms with Crippen LogP contribution in [0.2, 0.25) is 5.02 Å². The molecule has 1 aromatic heterocycles. The first kappa shape index (κ1) is 23.8. The molecule has 0 unspecified atom stereocenters. The number of aromatic amines is 1. The Balaban J connectivity index is 1.63. The van der Waals surface area contributed by atoms with Crippen molar-refractivity contribution in [2.24, 2.45) is 5.10 Å². The summed E-state index contributed by atoms with van der Waals surface area (Å²) in [6.45, 7) is 2.41. The Labute approximate surface area is 196 Å². The van der Waals surface area contributed by atoms with Crippen molar-refractivity contribution in [2.45, 2.75) is 26.0 Å². The van der Waals surface area contributed by atoms with Crippen LogP contribution in [0.1, 0.15) is 23.7 Å². The number of imidazole rings is 1. The number of aromatic nitrogens is 2. The molecule has 0 aliphatic carbocycles. The highest BCUT2D eigenvalue weighted by Crippen LogP contribution is 2.21. The first-order valence-electron chi connectivity index (χ1n) is 10.2. The average molecular weight is 470 g/mol. The van der Waals surface area contributed by atoms with Gasteiger partial charge < -0.3 is 19.8 Å². The lowest BCUT2D eigenvalue weighted by atomic mass is 10.1. The number of nitrogens with one attached hydrogen (secondary N) is 3. The molecule has 2 aromatic carbocycles. The van der Waals surface area contributed by atoms with Crippen molar-refractivity contribution in [1.82, 2.24) is 20.7 Å². The first-order chi connectivity index (χ1) is 16.0. The monoisotopic (exact) mass is 469 g/mol. The van der Waals surface area contributed by atoms with E-state index in [2.05, 4.69) is 25.8 Å². The van der Waals surface area contributed by atoms with Gasteiger partial charge in [-0.25, -0.2) is 15.2 Å². The highest BCUT2D eigenvalue weighted by atomic mass is 35.5. The third-order valence-electron chi connectivity index (χ3n) is 4.45. The Morgan fingerprint density at radius 3 is 2.79 bits per heavy atom. The van der Waals surface area contributed by atoms with Gasteiger partial charge in [0.2, 0.25) is 0 Å². The Morgan fingerprint density at radius 1 is 1.24 bits per heavy atom. The van der Waals surface area contributed by atoms with Crippen LogP contribution in [-0.2, 0) is 22.6 Å². The molecule has 0 radical (unpaired) electrons. The van der Waals surface area contributed by atoms with E-state index in [1.165, 1.54) is 12.5 Å². The van der Waals surface area contributed by atoms with Gasteiger partial charge in [-0.1, -0.05) is 41.9 Å². The quantitative estimate of drug-likeness (QED) is 0.310. The maximum atomic E-state index is 12.8. The summed E-state index contributed by atoms with van der Waals surface area (Å²) in [7, 11) is 0. The van der Waals surface area contributed by atoms with Crippen molar-refractivity contribution in [3.63, 3.8) is 0 Å². The lowest BCUT2D eigenvalue weighted by Crippen LogP contribution is -2.47. The molecule has 3 aromatic rings. The molecule has 9 nitrogen and oxygen atoms in total. The highest BCUT2D eigenvalue weighted by Gasteiger charge is 2.22. The number of nitrogens with zero attached hydrogens (tertiary/aromatic N) is 2. The minimum Gasteiger partial charge on any atom is -0.493 e. The van der Waals surface area contributed by atoms with E-state index >= 15 is 0 Å². The molecule has 0 bridgehead atoms. The van der Waals surface area contributed by atoms with Gasteiger partial charge in [-0.3, -0.25) is 4.79 Å². The van der Waals surface area contributed by atoms with Crippen LogP contribution >= 0.6 is 11.6 Å². The fourth-order valence-corrected chi connectivity index (χ4v) is 3.06. The number of alkyl carbamates (subject to hydrolysis) is 1. The summed E-state index contributed by atoms with van der Waals surface area (Å²) >= 11 is 6.04. The summed E-state index contributed by atoms with van der Waals surface area (Å²) in [6, 6.07) is 13.4. The molecule has 0 fully saturated rings. The van der Waals surface area contributed by atoms with E-state index in [0.29, 0.717) is 28.6 Å². The SMILES string of the molecule is CCOc1ccc(Cl)cc1/C=N\NC(=O)[C@H](Cc1cnc[nH]1)NC(=O)OCc1ccccc1. The summed E-state index contributed by atoms with van der Waals surface area (Å²) in [5.74, 6) is 0.0500. The predicted molar refractivity (Wildman–Crippen MR) is 124 cm³/mol. The summed E-state index contributed by atoms with van der Waals surface area (Å²) in [4.78, 5) is 31.9. The smallest absolute Gasteiger partial charge is 0.408 e. The molecule has 33 heavy (non-hydrogen) atoms. The fourth-order valence-electron chi connectivity index (χ4n) is 2.88. The third kappa shape index (κ3) is 7.65. The highest BCUT2D eigenvalue weighted by molar-refractivity contribution is 6.30. The molecular formula is C23H24ClN5O4. The van der Waals surface area contributed by atoms with E-state index in [1.54, 1.807) is 24.4 Å². The minimum absolute atomic E-state index is 0.0815. The van der Waals surface area contributed by atoms with Gasteiger partial charge in [0.15, 0.2) is 0 Å². The van der Waals surface area contributed by atoms with Gasteiger partial charge in [0.25, 0.3) is 5.91 Å². The standard InChI is InChI=1S/C23H24ClN5O4/c1-2-32-21-9-8-18(24)10-17(21)12-27-29-22(30)20(11-19-13-25-15-26-19)28-23(31)33-14-16-6-4-3-5-7-16/h3-10,12-13,15,20H,2,11,14H2,1H3,(H,25,26)(H,28,31)(H,29,30)/b27-12-/t20-/m0/s1. The van der Waals surface area contributed by atoms with E-state index in [9.17, 15) is 9.59 Å². The van der Waals surface area contributed by atoms with Crippen molar-refractivity contribution in [3.05, 3.63) is 82.9 Å². The number of ether oxygens (including phenoxy) is 2. The van der Waals surface area contributed by atoms with Gasteiger partial charge in [-0.05, 0) is 30.7 Å². The normalized spacial score (nSPS) is 11.7. The Hall–Kier alpha value is -3.85. The maximum absolute atomic E-state index is 12.8. The number of halogens is 1. The molecule has 1 atom stereocenters. The second kappa shape index (κ2) is 12.3.